The van der Waals surface area contributed by atoms with Gasteiger partial charge in [-0.15, -0.1) is 0 Å². The Morgan fingerprint density at radius 2 is 2.14 bits per heavy atom. The molecule has 1 aromatic heterocycles. The van der Waals surface area contributed by atoms with Crippen LogP contribution in [0.5, 0.6) is 17.4 Å². The maximum Gasteiger partial charge on any atom is 0.251 e. The number of nitriles is 1. The summed E-state index contributed by atoms with van der Waals surface area (Å²) < 4.78 is 16.5. The number of likely N-dealkylation sites (tertiary alicyclic amines) is 1. The van der Waals surface area contributed by atoms with Crippen molar-refractivity contribution in [3.05, 3.63) is 47.9 Å². The molecule has 8 heteroatoms. The van der Waals surface area contributed by atoms with Crippen molar-refractivity contribution < 1.29 is 19.0 Å². The van der Waals surface area contributed by atoms with Crippen molar-refractivity contribution in [3.8, 4) is 23.4 Å². The molecule has 0 N–H and O–H groups in total. The molecule has 0 bridgehead atoms. The van der Waals surface area contributed by atoms with Crippen LogP contribution in [-0.2, 0) is 4.79 Å². The summed E-state index contributed by atoms with van der Waals surface area (Å²) in [6.07, 6.45) is 7.61. The van der Waals surface area contributed by atoms with Crippen LogP contribution in [0.4, 0.5) is 0 Å². The number of ether oxygens (including phenoxy) is 3. The zero-order chi connectivity index (χ0) is 19.3. The summed E-state index contributed by atoms with van der Waals surface area (Å²) in [6.45, 7) is 1.32. The number of carbonyl (C=O) groups is 1. The molecular weight excluding hydrogens is 360 g/mol. The number of hydrogen-bond acceptors (Lipinski definition) is 7. The summed E-state index contributed by atoms with van der Waals surface area (Å²) in [7, 11) is 0. The molecule has 1 atom stereocenters. The molecule has 142 valence electrons. The lowest BCUT2D eigenvalue weighted by atomic mass is 10.1. The number of benzene rings is 1. The molecule has 28 heavy (non-hydrogen) atoms. The van der Waals surface area contributed by atoms with Gasteiger partial charge in [-0.05, 0) is 36.6 Å². The molecule has 2 aliphatic heterocycles. The highest BCUT2D eigenvalue weighted by atomic mass is 16.7. The number of piperidine rings is 1. The van der Waals surface area contributed by atoms with Crippen LogP contribution in [-0.4, -0.2) is 46.8 Å². The normalized spacial score (nSPS) is 18.1. The van der Waals surface area contributed by atoms with Crippen LogP contribution >= 0.6 is 0 Å². The van der Waals surface area contributed by atoms with Crippen molar-refractivity contribution in [2.24, 2.45) is 0 Å². The van der Waals surface area contributed by atoms with Crippen molar-refractivity contribution >= 4 is 12.0 Å². The number of hydrogen-bond donors (Lipinski definition) is 0. The van der Waals surface area contributed by atoms with E-state index in [1.54, 1.807) is 17.1 Å². The van der Waals surface area contributed by atoms with Crippen molar-refractivity contribution in [1.29, 1.82) is 5.26 Å². The first-order valence-corrected chi connectivity index (χ1v) is 8.97. The summed E-state index contributed by atoms with van der Waals surface area (Å²) in [5, 5.41) is 9.10. The molecule has 8 nitrogen and oxygen atoms in total. The number of amides is 1. The standard InChI is InChI=1S/C20H18N4O4/c21-11-16-20(23-8-7-22-16)28-15-2-1-9-24(12-15)19(25)6-4-14-3-5-17-18(10-14)27-13-26-17/h3-8,10,15H,1-2,9,12-13H2. The third-order valence-corrected chi connectivity index (χ3v) is 4.55. The third-order valence-electron chi connectivity index (χ3n) is 4.55. The fraction of sp³-hybridized carbons (Fsp3) is 0.300. The average Bonchev–Trinajstić information content (AvgIpc) is 3.20. The van der Waals surface area contributed by atoms with Crippen LogP contribution in [0.15, 0.2) is 36.7 Å². The molecule has 1 saturated heterocycles. The second-order valence-corrected chi connectivity index (χ2v) is 6.43. The van der Waals surface area contributed by atoms with Gasteiger partial charge in [0.05, 0.1) is 6.54 Å². The summed E-state index contributed by atoms with van der Waals surface area (Å²) in [4.78, 5) is 22.3. The van der Waals surface area contributed by atoms with E-state index < -0.39 is 0 Å². The first-order chi connectivity index (χ1) is 13.7. The fourth-order valence-electron chi connectivity index (χ4n) is 3.17. The Hall–Kier alpha value is -3.60. The van der Waals surface area contributed by atoms with Gasteiger partial charge in [0.2, 0.25) is 18.4 Å². The minimum atomic E-state index is -0.222. The molecule has 2 aliphatic rings. The Morgan fingerprint density at radius 3 is 3.04 bits per heavy atom. The lowest BCUT2D eigenvalue weighted by Crippen LogP contribution is -2.43. The Kier molecular flexibility index (Phi) is 5.06. The maximum absolute atomic E-state index is 12.6. The van der Waals surface area contributed by atoms with Gasteiger partial charge in [0.15, 0.2) is 11.5 Å². The maximum atomic E-state index is 12.6. The zero-order valence-electron chi connectivity index (χ0n) is 15.1. The number of carbonyl (C=O) groups excluding carboxylic acids is 1. The lowest BCUT2D eigenvalue weighted by molar-refractivity contribution is -0.128. The van der Waals surface area contributed by atoms with E-state index in [0.717, 1.165) is 18.4 Å². The number of nitrogens with zero attached hydrogens (tertiary/aromatic N) is 4. The molecule has 1 unspecified atom stereocenters. The number of rotatable bonds is 4. The Bertz CT molecular complexity index is 953. The van der Waals surface area contributed by atoms with Gasteiger partial charge < -0.3 is 19.1 Å². The first-order valence-electron chi connectivity index (χ1n) is 8.97. The SMILES string of the molecule is N#Cc1nccnc1OC1CCCN(C(=O)C=Cc2ccc3c(c2)OCO3)C1. The van der Waals surface area contributed by atoms with Crippen LogP contribution in [0.2, 0.25) is 0 Å². The second-order valence-electron chi connectivity index (χ2n) is 6.43. The van der Waals surface area contributed by atoms with Gasteiger partial charge in [-0.2, -0.15) is 5.26 Å². The van der Waals surface area contributed by atoms with Gasteiger partial charge in [-0.3, -0.25) is 4.79 Å². The minimum absolute atomic E-state index is 0.0920. The summed E-state index contributed by atoms with van der Waals surface area (Å²) in [6, 6.07) is 7.50. The molecule has 3 heterocycles. The molecule has 0 saturated carbocycles. The van der Waals surface area contributed by atoms with Crippen LogP contribution in [0.3, 0.4) is 0 Å². The van der Waals surface area contributed by atoms with Crippen molar-refractivity contribution in [3.63, 3.8) is 0 Å². The van der Waals surface area contributed by atoms with Gasteiger partial charge >= 0.3 is 0 Å². The van der Waals surface area contributed by atoms with Crippen LogP contribution in [0.1, 0.15) is 24.1 Å². The summed E-state index contributed by atoms with van der Waals surface area (Å²) in [5.41, 5.74) is 1.01. The van der Waals surface area contributed by atoms with Crippen LogP contribution in [0.25, 0.3) is 6.08 Å². The molecule has 2 aromatic rings. The molecule has 1 amide bonds. The summed E-state index contributed by atoms with van der Waals surface area (Å²) in [5.74, 6) is 1.50. The van der Waals surface area contributed by atoms with E-state index in [9.17, 15) is 4.79 Å². The van der Waals surface area contributed by atoms with E-state index in [-0.39, 0.29) is 30.4 Å². The van der Waals surface area contributed by atoms with Gasteiger partial charge in [-0.1, -0.05) is 6.07 Å². The zero-order valence-corrected chi connectivity index (χ0v) is 15.1. The number of aromatic nitrogens is 2. The summed E-state index contributed by atoms with van der Waals surface area (Å²) >= 11 is 0. The van der Waals surface area contributed by atoms with E-state index in [2.05, 4.69) is 9.97 Å². The Labute approximate surface area is 162 Å². The van der Waals surface area contributed by atoms with Gasteiger partial charge in [0, 0.05) is 25.0 Å². The van der Waals surface area contributed by atoms with E-state index in [1.807, 2.05) is 24.3 Å². The van der Waals surface area contributed by atoms with Crippen molar-refractivity contribution in [2.45, 2.75) is 18.9 Å². The van der Waals surface area contributed by atoms with Crippen molar-refractivity contribution in [2.75, 3.05) is 19.9 Å². The molecule has 0 radical (unpaired) electrons. The predicted octanol–water partition coefficient (Wildman–Crippen LogP) is 2.16. The molecule has 0 aliphatic carbocycles. The largest absolute Gasteiger partial charge is 0.470 e. The molecule has 1 aromatic carbocycles. The molecule has 0 spiro atoms. The first kappa shape index (κ1) is 17.8. The fourth-order valence-corrected chi connectivity index (χ4v) is 3.17. The molecular formula is C20H18N4O4. The predicted molar refractivity (Wildman–Crippen MR) is 98.6 cm³/mol. The Morgan fingerprint density at radius 1 is 1.29 bits per heavy atom. The molecule has 4 rings (SSSR count). The number of fused-ring (bicyclic) bond motifs is 1. The highest BCUT2D eigenvalue weighted by Gasteiger charge is 2.25. The molecule has 1 fully saturated rings. The van der Waals surface area contributed by atoms with Crippen LogP contribution < -0.4 is 14.2 Å². The van der Waals surface area contributed by atoms with E-state index in [4.69, 9.17) is 19.5 Å². The topological polar surface area (TPSA) is 97.6 Å². The quantitative estimate of drug-likeness (QED) is 0.752. The lowest BCUT2D eigenvalue weighted by Gasteiger charge is -2.32. The smallest absolute Gasteiger partial charge is 0.251 e. The second kappa shape index (κ2) is 7.96. The van der Waals surface area contributed by atoms with Gasteiger partial charge in [-0.25, -0.2) is 9.97 Å². The average molecular weight is 378 g/mol. The highest BCUT2D eigenvalue weighted by Crippen LogP contribution is 2.32. The Balaban J connectivity index is 1.38. The third kappa shape index (κ3) is 3.88. The minimum Gasteiger partial charge on any atom is -0.470 e. The van der Waals surface area contributed by atoms with Gasteiger partial charge in [0.25, 0.3) is 5.88 Å². The van der Waals surface area contributed by atoms with Crippen LogP contribution in [0, 0.1) is 11.3 Å². The highest BCUT2D eigenvalue weighted by molar-refractivity contribution is 5.92. The van der Waals surface area contributed by atoms with E-state index in [1.165, 1.54) is 12.4 Å². The van der Waals surface area contributed by atoms with E-state index in [0.29, 0.717) is 24.6 Å². The monoisotopic (exact) mass is 378 g/mol. The van der Waals surface area contributed by atoms with E-state index >= 15 is 0 Å². The van der Waals surface area contributed by atoms with Crippen molar-refractivity contribution in [1.82, 2.24) is 14.9 Å². The van der Waals surface area contributed by atoms with Gasteiger partial charge in [0.1, 0.15) is 12.2 Å².